The number of aliphatic imine (C=N–C) groups is 1. The van der Waals surface area contributed by atoms with Gasteiger partial charge in [-0.15, -0.1) is 34.2 Å². The minimum absolute atomic E-state index is 0. The molecule has 0 aliphatic carbocycles. The van der Waals surface area contributed by atoms with E-state index in [-0.39, 0.29) is 24.0 Å². The first-order chi connectivity index (χ1) is 14.7. The van der Waals surface area contributed by atoms with Crippen LogP contribution in [-0.4, -0.2) is 52.1 Å². The fourth-order valence-electron chi connectivity index (χ4n) is 3.94. The Morgan fingerprint density at radius 2 is 1.84 bits per heavy atom. The molecule has 1 aliphatic heterocycles. The molecule has 1 aromatic carbocycles. The second-order valence-electron chi connectivity index (χ2n) is 8.06. The van der Waals surface area contributed by atoms with Crippen molar-refractivity contribution in [3.8, 4) is 0 Å². The maximum Gasteiger partial charge on any atom is 0.191 e. The van der Waals surface area contributed by atoms with Crippen molar-refractivity contribution < 1.29 is 0 Å². The number of nitrogens with one attached hydrogen (secondary N) is 2. The standard InChI is InChI=1S/C23H31N7.HI/c1-18-6-8-20(9-7-18)17-29-13-10-19(11-14-29)15-25-23(24-2)26-16-22-28-27-21-5-3-4-12-30(21)22;/h3-9,12,19H,10-11,13-17H2,1-2H3,(H2,24,25,26);1H. The number of benzene rings is 1. The molecule has 2 aromatic heterocycles. The number of hydrogen-bond donors (Lipinski definition) is 2. The molecule has 0 atom stereocenters. The number of pyridine rings is 1. The minimum Gasteiger partial charge on any atom is -0.356 e. The number of guanidine groups is 1. The average molecular weight is 533 g/mol. The fraction of sp³-hybridized carbons (Fsp3) is 0.435. The molecule has 0 spiro atoms. The highest BCUT2D eigenvalue weighted by atomic mass is 127. The third kappa shape index (κ3) is 6.39. The predicted molar refractivity (Wildman–Crippen MR) is 136 cm³/mol. The molecule has 1 aliphatic rings. The van der Waals surface area contributed by atoms with Crippen LogP contribution in [0.25, 0.3) is 5.65 Å². The van der Waals surface area contributed by atoms with Crippen LogP contribution in [-0.2, 0) is 13.1 Å². The molecular weight excluding hydrogens is 501 g/mol. The van der Waals surface area contributed by atoms with Gasteiger partial charge in [0.1, 0.15) is 0 Å². The van der Waals surface area contributed by atoms with Gasteiger partial charge in [-0.1, -0.05) is 35.9 Å². The normalized spacial score (nSPS) is 15.6. The summed E-state index contributed by atoms with van der Waals surface area (Å²) in [6, 6.07) is 14.8. The number of hydrogen-bond acceptors (Lipinski definition) is 4. The summed E-state index contributed by atoms with van der Waals surface area (Å²) in [5.74, 6) is 2.36. The SMILES string of the molecule is CN=C(NCc1nnc2ccccn12)NCC1CCN(Cc2ccc(C)cc2)CC1.I. The monoisotopic (exact) mass is 533 g/mol. The molecule has 8 heteroatoms. The maximum atomic E-state index is 4.36. The number of halogens is 1. The number of fused-ring (bicyclic) bond motifs is 1. The molecule has 3 heterocycles. The molecule has 0 bridgehead atoms. The van der Waals surface area contributed by atoms with Crippen molar-refractivity contribution in [2.24, 2.45) is 10.9 Å². The van der Waals surface area contributed by atoms with Gasteiger partial charge in [-0.05, 0) is 56.5 Å². The molecule has 3 aromatic rings. The summed E-state index contributed by atoms with van der Waals surface area (Å²) in [5, 5.41) is 15.3. The summed E-state index contributed by atoms with van der Waals surface area (Å²) in [5.41, 5.74) is 3.58. The molecule has 31 heavy (non-hydrogen) atoms. The van der Waals surface area contributed by atoms with Gasteiger partial charge in [0, 0.05) is 26.3 Å². The highest BCUT2D eigenvalue weighted by Gasteiger charge is 2.19. The summed E-state index contributed by atoms with van der Waals surface area (Å²) in [6.45, 7) is 7.02. The van der Waals surface area contributed by atoms with E-state index in [1.54, 1.807) is 7.05 Å². The van der Waals surface area contributed by atoms with Crippen molar-refractivity contribution in [3.63, 3.8) is 0 Å². The molecule has 2 N–H and O–H groups in total. The third-order valence-corrected chi connectivity index (χ3v) is 5.81. The zero-order valence-electron chi connectivity index (χ0n) is 18.3. The van der Waals surface area contributed by atoms with Gasteiger partial charge < -0.3 is 10.6 Å². The van der Waals surface area contributed by atoms with E-state index in [0.717, 1.165) is 43.6 Å². The van der Waals surface area contributed by atoms with Crippen LogP contribution in [0, 0.1) is 12.8 Å². The van der Waals surface area contributed by atoms with Crippen molar-refractivity contribution in [2.45, 2.75) is 32.9 Å². The first-order valence-corrected chi connectivity index (χ1v) is 10.7. The molecule has 0 unspecified atom stereocenters. The van der Waals surface area contributed by atoms with Crippen molar-refractivity contribution in [1.29, 1.82) is 0 Å². The van der Waals surface area contributed by atoms with E-state index in [0.29, 0.717) is 12.5 Å². The Balaban J connectivity index is 0.00000272. The molecular formula is C23H32IN7. The van der Waals surface area contributed by atoms with Crippen LogP contribution in [0.15, 0.2) is 53.7 Å². The highest BCUT2D eigenvalue weighted by Crippen LogP contribution is 2.18. The molecule has 1 saturated heterocycles. The number of aromatic nitrogens is 3. The van der Waals surface area contributed by atoms with Gasteiger partial charge in [0.15, 0.2) is 17.4 Å². The molecule has 7 nitrogen and oxygen atoms in total. The number of piperidine rings is 1. The van der Waals surface area contributed by atoms with E-state index < -0.39 is 0 Å². The van der Waals surface area contributed by atoms with E-state index >= 15 is 0 Å². The van der Waals surface area contributed by atoms with Crippen LogP contribution >= 0.6 is 24.0 Å². The Kier molecular flexibility index (Phi) is 8.65. The summed E-state index contributed by atoms with van der Waals surface area (Å²) < 4.78 is 1.99. The highest BCUT2D eigenvalue weighted by molar-refractivity contribution is 14.0. The van der Waals surface area contributed by atoms with Crippen LogP contribution in [0.4, 0.5) is 0 Å². The van der Waals surface area contributed by atoms with Crippen LogP contribution in [0.5, 0.6) is 0 Å². The second-order valence-corrected chi connectivity index (χ2v) is 8.06. The number of likely N-dealkylation sites (tertiary alicyclic amines) is 1. The lowest BCUT2D eigenvalue weighted by molar-refractivity contribution is 0.178. The van der Waals surface area contributed by atoms with Gasteiger partial charge in [-0.2, -0.15) is 0 Å². The third-order valence-electron chi connectivity index (χ3n) is 5.81. The van der Waals surface area contributed by atoms with E-state index in [9.17, 15) is 0 Å². The molecule has 4 rings (SSSR count). The Morgan fingerprint density at radius 3 is 2.58 bits per heavy atom. The summed E-state index contributed by atoms with van der Waals surface area (Å²) in [7, 11) is 1.81. The maximum absolute atomic E-state index is 4.36. The van der Waals surface area contributed by atoms with Crippen LogP contribution < -0.4 is 10.6 Å². The molecule has 0 radical (unpaired) electrons. The van der Waals surface area contributed by atoms with E-state index in [1.165, 1.54) is 24.0 Å². The van der Waals surface area contributed by atoms with Crippen LogP contribution in [0.2, 0.25) is 0 Å². The zero-order valence-corrected chi connectivity index (χ0v) is 20.6. The Hall–Kier alpha value is -2.20. The second kappa shape index (κ2) is 11.4. The van der Waals surface area contributed by atoms with Gasteiger partial charge in [-0.25, -0.2) is 0 Å². The summed E-state index contributed by atoms with van der Waals surface area (Å²) in [6.07, 6.45) is 4.41. The Morgan fingerprint density at radius 1 is 1.06 bits per heavy atom. The largest absolute Gasteiger partial charge is 0.356 e. The van der Waals surface area contributed by atoms with E-state index in [2.05, 4.69) is 61.9 Å². The van der Waals surface area contributed by atoms with Crippen molar-refractivity contribution >= 4 is 35.6 Å². The van der Waals surface area contributed by atoms with Gasteiger partial charge in [0.25, 0.3) is 0 Å². The lowest BCUT2D eigenvalue weighted by atomic mass is 9.96. The van der Waals surface area contributed by atoms with Gasteiger partial charge in [-0.3, -0.25) is 14.3 Å². The van der Waals surface area contributed by atoms with Crippen LogP contribution in [0.1, 0.15) is 29.8 Å². The van der Waals surface area contributed by atoms with Crippen molar-refractivity contribution in [2.75, 3.05) is 26.7 Å². The first-order valence-electron chi connectivity index (χ1n) is 10.7. The quantitative estimate of drug-likeness (QED) is 0.290. The number of aryl methyl sites for hydroxylation is 1. The van der Waals surface area contributed by atoms with E-state index in [4.69, 9.17) is 0 Å². The first kappa shape index (κ1) is 23.5. The number of nitrogens with zero attached hydrogens (tertiary/aromatic N) is 5. The van der Waals surface area contributed by atoms with Crippen LogP contribution in [0.3, 0.4) is 0 Å². The van der Waals surface area contributed by atoms with Gasteiger partial charge in [0.05, 0.1) is 6.54 Å². The Labute approximate surface area is 201 Å². The van der Waals surface area contributed by atoms with Gasteiger partial charge >= 0.3 is 0 Å². The topological polar surface area (TPSA) is 69.8 Å². The fourth-order valence-corrected chi connectivity index (χ4v) is 3.94. The molecule has 166 valence electrons. The predicted octanol–water partition coefficient (Wildman–Crippen LogP) is 3.23. The average Bonchev–Trinajstić information content (AvgIpc) is 3.20. The van der Waals surface area contributed by atoms with E-state index in [1.807, 2.05) is 28.8 Å². The van der Waals surface area contributed by atoms with Crippen molar-refractivity contribution in [1.82, 2.24) is 30.1 Å². The minimum atomic E-state index is 0. The molecule has 1 fully saturated rings. The smallest absolute Gasteiger partial charge is 0.191 e. The zero-order chi connectivity index (χ0) is 20.8. The summed E-state index contributed by atoms with van der Waals surface area (Å²) >= 11 is 0. The molecule has 0 saturated carbocycles. The lowest BCUT2D eigenvalue weighted by Gasteiger charge is -2.32. The van der Waals surface area contributed by atoms with Crippen molar-refractivity contribution in [3.05, 3.63) is 65.6 Å². The number of rotatable bonds is 6. The summed E-state index contributed by atoms with van der Waals surface area (Å²) in [4.78, 5) is 6.92. The lowest BCUT2D eigenvalue weighted by Crippen LogP contribution is -2.42. The Bertz CT molecular complexity index is 975. The van der Waals surface area contributed by atoms with Gasteiger partial charge in [0.2, 0.25) is 0 Å². The molecule has 0 amide bonds.